The van der Waals surface area contributed by atoms with E-state index in [-0.39, 0.29) is 16.3 Å². The van der Waals surface area contributed by atoms with Crippen molar-refractivity contribution in [3.8, 4) is 5.88 Å². The fourth-order valence-electron chi connectivity index (χ4n) is 1.44. The Kier molecular flexibility index (Phi) is 3.01. The first-order valence-corrected chi connectivity index (χ1v) is 5.39. The number of methoxy groups -OCH3 is 2. The lowest BCUT2D eigenvalue weighted by molar-refractivity contribution is 0.0604. The van der Waals surface area contributed by atoms with Crippen LogP contribution in [-0.4, -0.2) is 36.4 Å². The monoisotopic (exact) mass is 252 g/mol. The van der Waals surface area contributed by atoms with Crippen LogP contribution in [0.25, 0.3) is 10.2 Å². The third-order valence-electron chi connectivity index (χ3n) is 2.17. The molecule has 6 nitrogen and oxygen atoms in total. The molecule has 0 aliphatic heterocycles. The number of hydrogen-bond donors (Lipinski definition) is 0. The van der Waals surface area contributed by atoms with E-state index in [4.69, 9.17) is 4.74 Å². The minimum absolute atomic E-state index is 0.203. The molecule has 88 valence electrons. The average Bonchev–Trinajstić information content (AvgIpc) is 2.75. The van der Waals surface area contributed by atoms with Crippen molar-refractivity contribution in [2.45, 2.75) is 0 Å². The van der Waals surface area contributed by atoms with Gasteiger partial charge in [-0.15, -0.1) is 11.3 Å². The van der Waals surface area contributed by atoms with E-state index in [1.807, 2.05) is 0 Å². The molecule has 2 aromatic rings. The zero-order valence-corrected chi connectivity index (χ0v) is 9.91. The molecule has 0 aliphatic carbocycles. The summed E-state index contributed by atoms with van der Waals surface area (Å²) >= 11 is 1.07. The van der Waals surface area contributed by atoms with Crippen LogP contribution >= 0.6 is 11.3 Å². The fraction of sp³-hybridized carbons (Fsp3) is 0.200. The third-order valence-corrected chi connectivity index (χ3v) is 3.27. The van der Waals surface area contributed by atoms with Gasteiger partial charge in [-0.2, -0.15) is 0 Å². The van der Waals surface area contributed by atoms with Gasteiger partial charge < -0.3 is 9.47 Å². The van der Waals surface area contributed by atoms with Crippen molar-refractivity contribution < 1.29 is 19.1 Å². The van der Waals surface area contributed by atoms with Crippen LogP contribution < -0.4 is 4.74 Å². The summed E-state index contributed by atoms with van der Waals surface area (Å²) in [6.45, 7) is 0. The predicted molar refractivity (Wildman–Crippen MR) is 60.7 cm³/mol. The smallest absolute Gasteiger partial charge is 0.348 e. The van der Waals surface area contributed by atoms with Gasteiger partial charge in [0.05, 0.1) is 25.2 Å². The summed E-state index contributed by atoms with van der Waals surface area (Å²) in [6.07, 6.45) is 1.89. The van der Waals surface area contributed by atoms with Crippen molar-refractivity contribution >= 4 is 33.8 Å². The highest BCUT2D eigenvalue weighted by molar-refractivity contribution is 7.20. The number of rotatable bonds is 3. The van der Waals surface area contributed by atoms with Gasteiger partial charge in [-0.1, -0.05) is 0 Å². The van der Waals surface area contributed by atoms with Crippen molar-refractivity contribution in [3.63, 3.8) is 0 Å². The molecule has 2 rings (SSSR count). The molecule has 0 aromatic carbocycles. The van der Waals surface area contributed by atoms with Crippen LogP contribution in [0.3, 0.4) is 0 Å². The van der Waals surface area contributed by atoms with Crippen LogP contribution in [0.5, 0.6) is 5.88 Å². The highest BCUT2D eigenvalue weighted by Crippen LogP contribution is 2.33. The second-order valence-corrected chi connectivity index (χ2v) is 4.02. The molecule has 0 N–H and O–H groups in total. The molecule has 0 saturated carbocycles. The number of carbonyl (C=O) groups is 2. The third kappa shape index (κ3) is 1.74. The Bertz CT molecular complexity index is 593. The van der Waals surface area contributed by atoms with Crippen molar-refractivity contribution in [3.05, 3.63) is 16.8 Å². The summed E-state index contributed by atoms with van der Waals surface area (Å²) in [7, 11) is 2.69. The molecule has 2 aromatic heterocycles. The molecule has 0 aliphatic rings. The SMILES string of the molecule is COC(=O)c1sc2ncnc(OC)c2c1C=O. The first kappa shape index (κ1) is 11.5. The fourth-order valence-corrected chi connectivity index (χ4v) is 2.46. The first-order valence-electron chi connectivity index (χ1n) is 4.58. The van der Waals surface area contributed by atoms with Gasteiger partial charge in [0.2, 0.25) is 5.88 Å². The van der Waals surface area contributed by atoms with E-state index in [0.717, 1.165) is 11.3 Å². The van der Waals surface area contributed by atoms with E-state index in [1.54, 1.807) is 0 Å². The molecule has 17 heavy (non-hydrogen) atoms. The Morgan fingerprint density at radius 2 is 2.18 bits per heavy atom. The molecule has 7 heteroatoms. The van der Waals surface area contributed by atoms with Gasteiger partial charge in [-0.05, 0) is 0 Å². The molecule has 0 unspecified atom stereocenters. The first-order chi connectivity index (χ1) is 8.22. The number of nitrogens with zero attached hydrogens (tertiary/aromatic N) is 2. The number of carbonyl (C=O) groups excluding carboxylic acids is 2. The molecular weight excluding hydrogens is 244 g/mol. The summed E-state index contributed by atoms with van der Waals surface area (Å²) in [6, 6.07) is 0. The number of thiophene rings is 1. The Balaban J connectivity index is 2.80. The molecule has 2 heterocycles. The number of ether oxygens (including phenoxy) is 2. The molecular formula is C10H8N2O4S. The van der Waals surface area contributed by atoms with Gasteiger partial charge in [-0.3, -0.25) is 4.79 Å². The van der Waals surface area contributed by atoms with Crippen LogP contribution in [0.1, 0.15) is 20.0 Å². The minimum Gasteiger partial charge on any atom is -0.480 e. The number of aromatic nitrogens is 2. The highest BCUT2D eigenvalue weighted by atomic mass is 32.1. The normalized spacial score (nSPS) is 10.2. The zero-order chi connectivity index (χ0) is 12.4. The van der Waals surface area contributed by atoms with E-state index >= 15 is 0 Å². The lowest BCUT2D eigenvalue weighted by Crippen LogP contribution is -2.01. The molecule has 0 spiro atoms. The average molecular weight is 252 g/mol. The number of hydrogen-bond acceptors (Lipinski definition) is 7. The lowest BCUT2D eigenvalue weighted by atomic mass is 10.2. The summed E-state index contributed by atoms with van der Waals surface area (Å²) in [5.41, 5.74) is 0.203. The second kappa shape index (κ2) is 4.46. The van der Waals surface area contributed by atoms with Crippen LogP contribution in [-0.2, 0) is 4.74 Å². The van der Waals surface area contributed by atoms with Crippen molar-refractivity contribution in [1.29, 1.82) is 0 Å². The maximum Gasteiger partial charge on any atom is 0.348 e. The molecule has 0 radical (unpaired) electrons. The quantitative estimate of drug-likeness (QED) is 0.605. The number of aldehydes is 1. The summed E-state index contributed by atoms with van der Waals surface area (Å²) < 4.78 is 9.65. The van der Waals surface area contributed by atoms with E-state index in [9.17, 15) is 9.59 Å². The standard InChI is InChI=1S/C10H8N2O4S/c1-15-8-6-5(3-13)7(10(14)16-2)17-9(6)12-4-11-8/h3-4H,1-2H3. The number of fused-ring (bicyclic) bond motifs is 1. The minimum atomic E-state index is -0.572. The number of esters is 1. The summed E-state index contributed by atoms with van der Waals surface area (Å²) in [5.74, 6) is -0.305. The van der Waals surface area contributed by atoms with Gasteiger partial charge in [0.25, 0.3) is 0 Å². The molecule has 0 saturated heterocycles. The zero-order valence-electron chi connectivity index (χ0n) is 9.09. The van der Waals surface area contributed by atoms with Gasteiger partial charge in [0.1, 0.15) is 16.0 Å². The van der Waals surface area contributed by atoms with Gasteiger partial charge in [0, 0.05) is 0 Å². The molecule has 0 fully saturated rings. The Labute approximate surface area is 100 Å². The van der Waals surface area contributed by atoms with E-state index in [1.165, 1.54) is 20.5 Å². The topological polar surface area (TPSA) is 78.4 Å². The van der Waals surface area contributed by atoms with E-state index in [0.29, 0.717) is 16.5 Å². The van der Waals surface area contributed by atoms with E-state index < -0.39 is 5.97 Å². The maximum atomic E-state index is 11.5. The van der Waals surface area contributed by atoms with Gasteiger partial charge in [-0.25, -0.2) is 14.8 Å². The van der Waals surface area contributed by atoms with Crippen molar-refractivity contribution in [2.75, 3.05) is 14.2 Å². The van der Waals surface area contributed by atoms with Crippen LogP contribution in [0, 0.1) is 0 Å². The van der Waals surface area contributed by atoms with Crippen LogP contribution in [0.15, 0.2) is 6.33 Å². The lowest BCUT2D eigenvalue weighted by Gasteiger charge is -1.99. The summed E-state index contributed by atoms with van der Waals surface area (Å²) in [4.78, 5) is 31.2. The van der Waals surface area contributed by atoms with Gasteiger partial charge >= 0.3 is 5.97 Å². The highest BCUT2D eigenvalue weighted by Gasteiger charge is 2.22. The molecule has 0 amide bonds. The van der Waals surface area contributed by atoms with Crippen LogP contribution in [0.2, 0.25) is 0 Å². The second-order valence-electron chi connectivity index (χ2n) is 3.02. The Morgan fingerprint density at radius 1 is 1.41 bits per heavy atom. The Hall–Kier alpha value is -2.02. The van der Waals surface area contributed by atoms with Crippen molar-refractivity contribution in [1.82, 2.24) is 9.97 Å². The van der Waals surface area contributed by atoms with E-state index in [2.05, 4.69) is 14.7 Å². The maximum absolute atomic E-state index is 11.5. The summed E-state index contributed by atoms with van der Waals surface area (Å²) in [5, 5.41) is 0.440. The van der Waals surface area contributed by atoms with Crippen molar-refractivity contribution in [2.24, 2.45) is 0 Å². The van der Waals surface area contributed by atoms with Gasteiger partial charge in [0.15, 0.2) is 6.29 Å². The predicted octanol–water partition coefficient (Wildman–Crippen LogP) is 1.30. The Morgan fingerprint density at radius 3 is 2.76 bits per heavy atom. The molecule has 0 atom stereocenters. The van der Waals surface area contributed by atoms with Crippen LogP contribution in [0.4, 0.5) is 0 Å². The molecule has 0 bridgehead atoms. The largest absolute Gasteiger partial charge is 0.480 e.